The molecule has 0 bridgehead atoms. The summed E-state index contributed by atoms with van der Waals surface area (Å²) in [5, 5.41) is 10.2. The fourth-order valence-electron chi connectivity index (χ4n) is 1.40. The SMILES string of the molecule is COCCOc1ccc(NC(=O)c2ccc(Cl)nn2)cn1. The third kappa shape index (κ3) is 4.66. The van der Waals surface area contributed by atoms with Crippen molar-refractivity contribution in [1.29, 1.82) is 0 Å². The largest absolute Gasteiger partial charge is 0.475 e. The van der Waals surface area contributed by atoms with Gasteiger partial charge in [-0.2, -0.15) is 0 Å². The Balaban J connectivity index is 1.93. The van der Waals surface area contributed by atoms with Crippen molar-refractivity contribution in [2.24, 2.45) is 0 Å². The lowest BCUT2D eigenvalue weighted by Crippen LogP contribution is -2.14. The Morgan fingerprint density at radius 3 is 2.71 bits per heavy atom. The summed E-state index contributed by atoms with van der Waals surface area (Å²) in [6, 6.07) is 6.31. The fraction of sp³-hybridized carbons (Fsp3) is 0.231. The molecule has 1 N–H and O–H groups in total. The molecule has 0 aromatic carbocycles. The van der Waals surface area contributed by atoms with E-state index in [0.717, 1.165) is 0 Å². The number of hydrogen-bond donors (Lipinski definition) is 1. The van der Waals surface area contributed by atoms with Crippen LogP contribution in [-0.4, -0.2) is 41.4 Å². The first-order valence-electron chi connectivity index (χ1n) is 6.07. The number of amides is 1. The van der Waals surface area contributed by atoms with Gasteiger partial charge < -0.3 is 14.8 Å². The van der Waals surface area contributed by atoms with E-state index in [9.17, 15) is 4.79 Å². The molecule has 110 valence electrons. The lowest BCUT2D eigenvalue weighted by atomic mass is 10.3. The highest BCUT2D eigenvalue weighted by Gasteiger charge is 2.08. The summed E-state index contributed by atoms with van der Waals surface area (Å²) in [7, 11) is 1.59. The van der Waals surface area contributed by atoms with Gasteiger partial charge >= 0.3 is 0 Å². The Labute approximate surface area is 126 Å². The topological polar surface area (TPSA) is 86.2 Å². The standard InChI is InChI=1S/C13H13ClN4O3/c1-20-6-7-21-12-5-2-9(8-15-12)16-13(19)10-3-4-11(14)18-17-10/h2-5,8H,6-7H2,1H3,(H,16,19). The van der Waals surface area contributed by atoms with E-state index in [0.29, 0.717) is 24.8 Å². The van der Waals surface area contributed by atoms with Crippen molar-refractivity contribution in [3.63, 3.8) is 0 Å². The molecule has 0 saturated carbocycles. The quantitative estimate of drug-likeness (QED) is 0.819. The second-order valence-corrected chi connectivity index (χ2v) is 4.31. The van der Waals surface area contributed by atoms with Crippen LogP contribution in [0.3, 0.4) is 0 Å². The van der Waals surface area contributed by atoms with E-state index < -0.39 is 5.91 Å². The summed E-state index contributed by atoms with van der Waals surface area (Å²) in [6.07, 6.45) is 1.49. The predicted molar refractivity (Wildman–Crippen MR) is 76.6 cm³/mol. The van der Waals surface area contributed by atoms with E-state index in [-0.39, 0.29) is 10.8 Å². The molecule has 2 aromatic heterocycles. The van der Waals surface area contributed by atoms with Crippen molar-refractivity contribution in [1.82, 2.24) is 15.2 Å². The zero-order valence-corrected chi connectivity index (χ0v) is 12.0. The van der Waals surface area contributed by atoms with Crippen molar-refractivity contribution in [2.75, 3.05) is 25.6 Å². The number of hydrogen-bond acceptors (Lipinski definition) is 6. The normalized spacial score (nSPS) is 10.2. The first kappa shape index (κ1) is 15.1. The van der Waals surface area contributed by atoms with E-state index in [4.69, 9.17) is 21.1 Å². The van der Waals surface area contributed by atoms with Gasteiger partial charge in [0.25, 0.3) is 5.91 Å². The van der Waals surface area contributed by atoms with Crippen LogP contribution >= 0.6 is 11.6 Å². The Morgan fingerprint density at radius 2 is 2.10 bits per heavy atom. The summed E-state index contributed by atoms with van der Waals surface area (Å²) < 4.78 is 10.2. The van der Waals surface area contributed by atoms with Gasteiger partial charge in [0.1, 0.15) is 6.61 Å². The van der Waals surface area contributed by atoms with E-state index in [1.54, 1.807) is 19.2 Å². The number of carbonyl (C=O) groups excluding carboxylic acids is 1. The number of nitrogens with one attached hydrogen (secondary N) is 1. The molecule has 0 radical (unpaired) electrons. The molecule has 8 heteroatoms. The molecular formula is C13H13ClN4O3. The molecule has 7 nitrogen and oxygen atoms in total. The van der Waals surface area contributed by atoms with E-state index in [2.05, 4.69) is 20.5 Å². The monoisotopic (exact) mass is 308 g/mol. The summed E-state index contributed by atoms with van der Waals surface area (Å²) in [5.41, 5.74) is 0.690. The van der Waals surface area contributed by atoms with Gasteiger partial charge in [-0.25, -0.2) is 4.98 Å². The number of ether oxygens (including phenoxy) is 2. The summed E-state index contributed by atoms with van der Waals surface area (Å²) in [5.74, 6) is 0.0605. The van der Waals surface area contributed by atoms with Gasteiger partial charge in [0, 0.05) is 13.2 Å². The number of nitrogens with zero attached hydrogens (tertiary/aromatic N) is 3. The van der Waals surface area contributed by atoms with Crippen molar-refractivity contribution in [3.05, 3.63) is 41.3 Å². The Morgan fingerprint density at radius 1 is 1.24 bits per heavy atom. The van der Waals surface area contributed by atoms with Crippen LogP contribution in [0.15, 0.2) is 30.5 Å². The number of halogens is 1. The highest BCUT2D eigenvalue weighted by atomic mass is 35.5. The van der Waals surface area contributed by atoms with Gasteiger partial charge in [-0.1, -0.05) is 11.6 Å². The molecule has 0 atom stereocenters. The first-order valence-corrected chi connectivity index (χ1v) is 6.45. The van der Waals surface area contributed by atoms with Gasteiger partial charge in [-0.15, -0.1) is 10.2 Å². The average Bonchev–Trinajstić information content (AvgIpc) is 2.50. The van der Waals surface area contributed by atoms with Gasteiger partial charge in [-0.05, 0) is 18.2 Å². The molecule has 0 aliphatic carbocycles. The minimum absolute atomic E-state index is 0.167. The fourth-order valence-corrected chi connectivity index (χ4v) is 1.50. The van der Waals surface area contributed by atoms with Crippen LogP contribution in [0.25, 0.3) is 0 Å². The van der Waals surface area contributed by atoms with Crippen LogP contribution < -0.4 is 10.1 Å². The number of carbonyl (C=O) groups is 1. The summed E-state index contributed by atoms with van der Waals surface area (Å²) in [4.78, 5) is 16.0. The highest BCUT2D eigenvalue weighted by molar-refractivity contribution is 6.29. The minimum Gasteiger partial charge on any atom is -0.475 e. The van der Waals surface area contributed by atoms with E-state index in [1.165, 1.54) is 18.3 Å². The maximum absolute atomic E-state index is 11.9. The lowest BCUT2D eigenvalue weighted by Gasteiger charge is -2.06. The smallest absolute Gasteiger partial charge is 0.276 e. The van der Waals surface area contributed by atoms with Crippen LogP contribution in [0, 0.1) is 0 Å². The van der Waals surface area contributed by atoms with E-state index in [1.807, 2.05) is 0 Å². The molecule has 0 fully saturated rings. The van der Waals surface area contributed by atoms with Crippen molar-refractivity contribution < 1.29 is 14.3 Å². The molecule has 0 aliphatic rings. The number of anilines is 1. The molecule has 0 spiro atoms. The molecule has 21 heavy (non-hydrogen) atoms. The Bertz CT molecular complexity index is 589. The molecular weight excluding hydrogens is 296 g/mol. The maximum atomic E-state index is 11.9. The summed E-state index contributed by atoms with van der Waals surface area (Å²) in [6.45, 7) is 0.894. The van der Waals surface area contributed by atoms with Crippen molar-refractivity contribution in [2.45, 2.75) is 0 Å². The predicted octanol–water partition coefficient (Wildman–Crippen LogP) is 1.80. The summed E-state index contributed by atoms with van der Waals surface area (Å²) >= 11 is 5.61. The molecule has 0 saturated heterocycles. The van der Waals surface area contributed by atoms with Crippen LogP contribution in [0.4, 0.5) is 5.69 Å². The van der Waals surface area contributed by atoms with Gasteiger partial charge in [0.2, 0.25) is 5.88 Å². The lowest BCUT2D eigenvalue weighted by molar-refractivity contribution is 0.102. The highest BCUT2D eigenvalue weighted by Crippen LogP contribution is 2.12. The van der Waals surface area contributed by atoms with Crippen LogP contribution in [0.5, 0.6) is 5.88 Å². The Hall–Kier alpha value is -2.25. The molecule has 1 amide bonds. The molecule has 0 aliphatic heterocycles. The van der Waals surface area contributed by atoms with Crippen LogP contribution in [0.2, 0.25) is 5.15 Å². The van der Waals surface area contributed by atoms with Gasteiger partial charge in [0.05, 0.1) is 18.5 Å². The number of pyridine rings is 1. The third-order valence-electron chi connectivity index (χ3n) is 2.40. The Kier molecular flexibility index (Phi) is 5.42. The van der Waals surface area contributed by atoms with Gasteiger partial charge in [0.15, 0.2) is 10.8 Å². The van der Waals surface area contributed by atoms with Crippen molar-refractivity contribution in [3.8, 4) is 5.88 Å². The number of methoxy groups -OCH3 is 1. The van der Waals surface area contributed by atoms with Gasteiger partial charge in [-0.3, -0.25) is 4.79 Å². The maximum Gasteiger partial charge on any atom is 0.276 e. The molecule has 2 rings (SSSR count). The molecule has 0 unspecified atom stereocenters. The first-order chi connectivity index (χ1) is 10.2. The van der Waals surface area contributed by atoms with Crippen LogP contribution in [-0.2, 0) is 4.74 Å². The minimum atomic E-state index is -0.394. The number of aromatic nitrogens is 3. The molecule has 2 aromatic rings. The molecule has 2 heterocycles. The zero-order chi connectivity index (χ0) is 15.1. The zero-order valence-electron chi connectivity index (χ0n) is 11.2. The van der Waals surface area contributed by atoms with Crippen LogP contribution in [0.1, 0.15) is 10.5 Å². The third-order valence-corrected chi connectivity index (χ3v) is 2.60. The van der Waals surface area contributed by atoms with E-state index >= 15 is 0 Å². The second-order valence-electron chi connectivity index (χ2n) is 3.92. The second kappa shape index (κ2) is 7.51. The number of rotatable bonds is 6. The van der Waals surface area contributed by atoms with Crippen molar-refractivity contribution >= 4 is 23.2 Å². The average molecular weight is 309 g/mol.